The van der Waals surface area contributed by atoms with Gasteiger partial charge in [0.1, 0.15) is 5.82 Å². The molecule has 15 heavy (non-hydrogen) atoms. The first-order valence-corrected chi connectivity index (χ1v) is 5.67. The van der Waals surface area contributed by atoms with E-state index in [1.165, 1.54) is 38.9 Å². The van der Waals surface area contributed by atoms with Crippen LogP contribution >= 0.6 is 0 Å². The van der Waals surface area contributed by atoms with Gasteiger partial charge in [0.25, 0.3) is 0 Å². The lowest BCUT2D eigenvalue weighted by atomic mass is 10.4. The van der Waals surface area contributed by atoms with Crippen molar-refractivity contribution in [3.8, 4) is 0 Å². The summed E-state index contributed by atoms with van der Waals surface area (Å²) in [7, 11) is 0. The number of anilines is 1. The number of aromatic nitrogens is 2. The van der Waals surface area contributed by atoms with Crippen LogP contribution in [0.4, 0.5) is 5.82 Å². The van der Waals surface area contributed by atoms with Gasteiger partial charge in [0.05, 0.1) is 6.20 Å². The minimum Gasteiger partial charge on any atom is -0.369 e. The van der Waals surface area contributed by atoms with Crippen molar-refractivity contribution in [2.75, 3.05) is 31.5 Å². The van der Waals surface area contributed by atoms with Crippen molar-refractivity contribution in [1.82, 2.24) is 14.9 Å². The molecule has 1 aliphatic rings. The lowest BCUT2D eigenvalue weighted by molar-refractivity contribution is 0.337. The quantitative estimate of drug-likeness (QED) is 0.739. The second-order valence-electron chi connectivity index (χ2n) is 3.92. The Balaban J connectivity index is 1.59. The highest BCUT2D eigenvalue weighted by molar-refractivity contribution is 5.29. The number of hydrogen-bond donors (Lipinski definition) is 1. The third-order valence-corrected chi connectivity index (χ3v) is 2.72. The Morgan fingerprint density at radius 3 is 2.87 bits per heavy atom. The van der Waals surface area contributed by atoms with Crippen molar-refractivity contribution in [3.63, 3.8) is 0 Å². The molecule has 0 aliphatic carbocycles. The lowest BCUT2D eigenvalue weighted by Gasteiger charge is -2.14. The topological polar surface area (TPSA) is 41.1 Å². The number of nitrogens with zero attached hydrogens (tertiary/aromatic N) is 3. The molecule has 1 aliphatic heterocycles. The molecule has 0 unspecified atom stereocenters. The Labute approximate surface area is 90.7 Å². The molecule has 4 heteroatoms. The van der Waals surface area contributed by atoms with E-state index in [1.807, 2.05) is 0 Å². The molecule has 0 amide bonds. The van der Waals surface area contributed by atoms with Gasteiger partial charge in [0.15, 0.2) is 0 Å². The van der Waals surface area contributed by atoms with Crippen LogP contribution in [0.15, 0.2) is 18.6 Å². The van der Waals surface area contributed by atoms with Gasteiger partial charge in [-0.1, -0.05) is 0 Å². The molecule has 1 N–H and O–H groups in total. The molecule has 1 aromatic heterocycles. The molecule has 0 saturated carbocycles. The lowest BCUT2D eigenvalue weighted by Crippen LogP contribution is -2.22. The molecule has 0 bridgehead atoms. The molecule has 1 fully saturated rings. The van der Waals surface area contributed by atoms with Crippen LogP contribution < -0.4 is 5.32 Å². The maximum Gasteiger partial charge on any atom is 0.144 e. The normalized spacial score (nSPS) is 16.8. The van der Waals surface area contributed by atoms with Crippen LogP contribution in [-0.4, -0.2) is 41.0 Å². The van der Waals surface area contributed by atoms with E-state index in [2.05, 4.69) is 20.2 Å². The Morgan fingerprint density at radius 1 is 1.27 bits per heavy atom. The summed E-state index contributed by atoms with van der Waals surface area (Å²) in [5.41, 5.74) is 0. The van der Waals surface area contributed by atoms with Crippen molar-refractivity contribution in [2.24, 2.45) is 0 Å². The Hall–Kier alpha value is -1.16. The first-order chi connectivity index (χ1) is 7.45. The molecular formula is C11H18N4. The minimum atomic E-state index is 0.874. The predicted octanol–water partition coefficient (Wildman–Crippen LogP) is 1.37. The van der Waals surface area contributed by atoms with E-state index < -0.39 is 0 Å². The van der Waals surface area contributed by atoms with Gasteiger partial charge < -0.3 is 10.2 Å². The summed E-state index contributed by atoms with van der Waals surface area (Å²) in [5.74, 6) is 0.874. The highest BCUT2D eigenvalue weighted by atomic mass is 15.1. The second kappa shape index (κ2) is 5.66. The molecule has 2 rings (SSSR count). The average molecular weight is 206 g/mol. The third kappa shape index (κ3) is 3.47. The summed E-state index contributed by atoms with van der Waals surface area (Å²) in [5, 5.41) is 3.27. The molecule has 0 atom stereocenters. The fourth-order valence-electron chi connectivity index (χ4n) is 1.92. The van der Waals surface area contributed by atoms with Gasteiger partial charge in [-0.15, -0.1) is 0 Å². The number of hydrogen-bond acceptors (Lipinski definition) is 4. The Kier molecular flexibility index (Phi) is 3.91. The van der Waals surface area contributed by atoms with E-state index in [4.69, 9.17) is 0 Å². The van der Waals surface area contributed by atoms with Crippen molar-refractivity contribution in [1.29, 1.82) is 0 Å². The zero-order valence-electron chi connectivity index (χ0n) is 9.02. The van der Waals surface area contributed by atoms with Gasteiger partial charge in [0, 0.05) is 18.9 Å². The van der Waals surface area contributed by atoms with Crippen LogP contribution in [-0.2, 0) is 0 Å². The summed E-state index contributed by atoms with van der Waals surface area (Å²) >= 11 is 0. The monoisotopic (exact) mass is 206 g/mol. The maximum atomic E-state index is 4.16. The van der Waals surface area contributed by atoms with Crippen LogP contribution in [0.3, 0.4) is 0 Å². The number of likely N-dealkylation sites (tertiary alicyclic amines) is 1. The Bertz CT molecular complexity index is 269. The zero-order chi connectivity index (χ0) is 10.3. The summed E-state index contributed by atoms with van der Waals surface area (Å²) in [6.45, 7) is 4.75. The van der Waals surface area contributed by atoms with Crippen LogP contribution in [0.2, 0.25) is 0 Å². The van der Waals surface area contributed by atoms with Crippen molar-refractivity contribution in [2.45, 2.75) is 19.3 Å². The van der Waals surface area contributed by atoms with Gasteiger partial charge in [-0.05, 0) is 38.9 Å². The molecule has 2 heterocycles. The first-order valence-electron chi connectivity index (χ1n) is 5.67. The summed E-state index contributed by atoms with van der Waals surface area (Å²) in [4.78, 5) is 10.7. The van der Waals surface area contributed by atoms with Gasteiger partial charge >= 0.3 is 0 Å². The second-order valence-corrected chi connectivity index (χ2v) is 3.92. The number of rotatable bonds is 5. The van der Waals surface area contributed by atoms with E-state index in [1.54, 1.807) is 18.6 Å². The summed E-state index contributed by atoms with van der Waals surface area (Å²) in [6.07, 6.45) is 9.08. The molecule has 1 saturated heterocycles. The smallest absolute Gasteiger partial charge is 0.144 e. The fourth-order valence-corrected chi connectivity index (χ4v) is 1.92. The third-order valence-electron chi connectivity index (χ3n) is 2.72. The molecule has 0 radical (unpaired) electrons. The SMILES string of the molecule is c1cnc(NCCCN2CCCC2)cn1. The molecule has 0 spiro atoms. The highest BCUT2D eigenvalue weighted by Gasteiger charge is 2.09. The van der Waals surface area contributed by atoms with Crippen LogP contribution in [0, 0.1) is 0 Å². The van der Waals surface area contributed by atoms with E-state index in [9.17, 15) is 0 Å². The largest absolute Gasteiger partial charge is 0.369 e. The molecular weight excluding hydrogens is 188 g/mol. The minimum absolute atomic E-state index is 0.874. The molecule has 82 valence electrons. The summed E-state index contributed by atoms with van der Waals surface area (Å²) < 4.78 is 0. The summed E-state index contributed by atoms with van der Waals surface area (Å²) in [6, 6.07) is 0. The van der Waals surface area contributed by atoms with Crippen molar-refractivity contribution < 1.29 is 0 Å². The van der Waals surface area contributed by atoms with E-state index >= 15 is 0 Å². The Morgan fingerprint density at radius 2 is 2.13 bits per heavy atom. The van der Waals surface area contributed by atoms with Gasteiger partial charge in [-0.25, -0.2) is 4.98 Å². The van der Waals surface area contributed by atoms with Crippen LogP contribution in [0.5, 0.6) is 0 Å². The molecule has 1 aromatic rings. The maximum absolute atomic E-state index is 4.16. The van der Waals surface area contributed by atoms with Gasteiger partial charge in [-0.2, -0.15) is 0 Å². The van der Waals surface area contributed by atoms with Gasteiger partial charge in [-0.3, -0.25) is 4.98 Å². The predicted molar refractivity (Wildman–Crippen MR) is 60.8 cm³/mol. The van der Waals surface area contributed by atoms with E-state index in [-0.39, 0.29) is 0 Å². The molecule has 0 aromatic carbocycles. The standard InChI is InChI=1S/C11H18N4/c1-2-8-15(7-1)9-3-4-13-11-10-12-5-6-14-11/h5-6,10H,1-4,7-9H2,(H,13,14). The van der Waals surface area contributed by atoms with E-state index in [0.717, 1.165) is 12.4 Å². The molecule has 4 nitrogen and oxygen atoms in total. The fraction of sp³-hybridized carbons (Fsp3) is 0.636. The average Bonchev–Trinajstić information content (AvgIpc) is 2.79. The highest BCUT2D eigenvalue weighted by Crippen LogP contribution is 2.07. The van der Waals surface area contributed by atoms with Gasteiger partial charge in [0.2, 0.25) is 0 Å². The van der Waals surface area contributed by atoms with Crippen molar-refractivity contribution in [3.05, 3.63) is 18.6 Å². The van der Waals surface area contributed by atoms with Crippen LogP contribution in [0.1, 0.15) is 19.3 Å². The first kappa shape index (κ1) is 10.4. The number of nitrogens with one attached hydrogen (secondary N) is 1. The zero-order valence-corrected chi connectivity index (χ0v) is 9.02. The van der Waals surface area contributed by atoms with Crippen LogP contribution in [0.25, 0.3) is 0 Å². The van der Waals surface area contributed by atoms with Crippen molar-refractivity contribution >= 4 is 5.82 Å². The van der Waals surface area contributed by atoms with E-state index in [0.29, 0.717) is 0 Å².